The van der Waals surface area contributed by atoms with Crippen molar-refractivity contribution in [3.05, 3.63) is 78.6 Å². The largest absolute Gasteiger partial charge is 0.492 e. The summed E-state index contributed by atoms with van der Waals surface area (Å²) in [5, 5.41) is 3.75. The lowest BCUT2D eigenvalue weighted by molar-refractivity contribution is -0.113. The summed E-state index contributed by atoms with van der Waals surface area (Å²) in [5.74, 6) is 0.777. The van der Waals surface area contributed by atoms with Gasteiger partial charge < -0.3 is 10.1 Å². The van der Waals surface area contributed by atoms with E-state index in [9.17, 15) is 4.79 Å². The van der Waals surface area contributed by atoms with Crippen molar-refractivity contribution in [2.45, 2.75) is 13.3 Å². The Labute approximate surface area is 185 Å². The van der Waals surface area contributed by atoms with E-state index in [1.54, 1.807) is 6.20 Å². The fourth-order valence-corrected chi connectivity index (χ4v) is 3.88. The van der Waals surface area contributed by atoms with Crippen molar-refractivity contribution in [3.63, 3.8) is 0 Å². The molecule has 6 nitrogen and oxygen atoms in total. The highest BCUT2D eigenvalue weighted by Crippen LogP contribution is 2.33. The fourth-order valence-electron chi connectivity index (χ4n) is 3.11. The number of carbonyl (C=O) groups is 1. The van der Waals surface area contributed by atoms with E-state index < -0.39 is 0 Å². The molecule has 2 aromatic carbocycles. The van der Waals surface area contributed by atoms with Crippen LogP contribution in [0, 0.1) is 0 Å². The summed E-state index contributed by atoms with van der Waals surface area (Å²) in [5.41, 5.74) is 3.90. The first-order chi connectivity index (χ1) is 15.2. The molecule has 1 amide bonds. The molecule has 0 spiro atoms. The van der Waals surface area contributed by atoms with Crippen LogP contribution in [0.1, 0.15) is 19.0 Å². The van der Waals surface area contributed by atoms with Crippen molar-refractivity contribution < 1.29 is 9.53 Å². The number of benzene rings is 2. The quantitative estimate of drug-likeness (QED) is 0.568. The summed E-state index contributed by atoms with van der Waals surface area (Å²) in [6.07, 6.45) is 2.26. The predicted molar refractivity (Wildman–Crippen MR) is 127 cm³/mol. The second-order valence-corrected chi connectivity index (χ2v) is 7.76. The SMILES string of the molecule is CCOc1ccccc1NC(=O)CSC1=Nc2ccccc2N=C(c2ccccn2)C1. The molecule has 0 saturated carbocycles. The number of para-hydroxylation sites is 4. The number of fused-ring (bicyclic) bond motifs is 1. The van der Waals surface area contributed by atoms with Gasteiger partial charge in [-0.3, -0.25) is 9.78 Å². The van der Waals surface area contributed by atoms with Crippen molar-refractivity contribution >= 4 is 45.5 Å². The van der Waals surface area contributed by atoms with Crippen molar-refractivity contribution in [2.24, 2.45) is 9.98 Å². The third-order valence-electron chi connectivity index (χ3n) is 4.49. The highest BCUT2D eigenvalue weighted by molar-refractivity contribution is 8.14. The van der Waals surface area contributed by atoms with Crippen LogP contribution in [0.5, 0.6) is 5.75 Å². The van der Waals surface area contributed by atoms with Gasteiger partial charge in [-0.05, 0) is 43.3 Å². The standard InChI is InChI=1S/C24H22N4O2S/c1-2-30-22-13-6-5-12-20(22)27-23(29)16-31-24-15-21(17-9-7-8-14-25-17)26-18-10-3-4-11-19(18)28-24/h3-14H,2,15-16H2,1H3,(H,27,29). The number of hydrogen-bond acceptors (Lipinski definition) is 6. The van der Waals surface area contributed by atoms with E-state index in [1.807, 2.05) is 73.7 Å². The Balaban J connectivity index is 1.50. The van der Waals surface area contributed by atoms with Gasteiger partial charge in [-0.2, -0.15) is 0 Å². The minimum atomic E-state index is -0.117. The zero-order chi connectivity index (χ0) is 21.5. The van der Waals surface area contributed by atoms with Gasteiger partial charge in [0.15, 0.2) is 0 Å². The van der Waals surface area contributed by atoms with Crippen molar-refractivity contribution in [3.8, 4) is 5.75 Å². The molecule has 0 fully saturated rings. The minimum Gasteiger partial charge on any atom is -0.492 e. The number of nitrogens with zero attached hydrogens (tertiary/aromatic N) is 3. The van der Waals surface area contributed by atoms with Crippen LogP contribution in [0.25, 0.3) is 0 Å². The average Bonchev–Trinajstić information content (AvgIpc) is 2.99. The normalized spacial score (nSPS) is 12.8. The number of thioether (sulfide) groups is 1. The number of nitrogens with one attached hydrogen (secondary N) is 1. The maximum Gasteiger partial charge on any atom is 0.234 e. The topological polar surface area (TPSA) is 75.9 Å². The zero-order valence-electron chi connectivity index (χ0n) is 17.1. The molecule has 3 aromatic rings. The van der Waals surface area contributed by atoms with Crippen LogP contribution < -0.4 is 10.1 Å². The van der Waals surface area contributed by atoms with Crippen molar-refractivity contribution in [2.75, 3.05) is 17.7 Å². The van der Waals surface area contributed by atoms with Crippen LogP contribution in [0.3, 0.4) is 0 Å². The van der Waals surface area contributed by atoms with E-state index in [2.05, 4.69) is 10.3 Å². The maximum absolute atomic E-state index is 12.6. The molecule has 31 heavy (non-hydrogen) atoms. The summed E-state index contributed by atoms with van der Waals surface area (Å²) in [7, 11) is 0. The number of pyridine rings is 1. The second-order valence-electron chi connectivity index (χ2n) is 6.71. The van der Waals surface area contributed by atoms with Crippen LogP contribution in [0.15, 0.2) is 82.9 Å². The third kappa shape index (κ3) is 5.38. The molecule has 0 atom stereocenters. The summed E-state index contributed by atoms with van der Waals surface area (Å²) in [4.78, 5) is 26.6. The molecule has 2 heterocycles. The van der Waals surface area contributed by atoms with Gasteiger partial charge in [-0.25, -0.2) is 9.98 Å². The van der Waals surface area contributed by atoms with Crippen molar-refractivity contribution in [1.29, 1.82) is 0 Å². The number of rotatable bonds is 6. The summed E-state index contributed by atoms with van der Waals surface area (Å²) < 4.78 is 5.58. The molecule has 0 radical (unpaired) electrons. The highest BCUT2D eigenvalue weighted by atomic mass is 32.2. The van der Waals surface area contributed by atoms with Crippen LogP contribution in [0.4, 0.5) is 17.1 Å². The second kappa shape index (κ2) is 10.0. The molecule has 1 aliphatic heterocycles. The van der Waals surface area contributed by atoms with Crippen LogP contribution in [-0.4, -0.2) is 34.0 Å². The molecule has 7 heteroatoms. The van der Waals surface area contributed by atoms with Gasteiger partial charge in [0.05, 0.1) is 45.9 Å². The molecule has 1 N–H and O–H groups in total. The smallest absolute Gasteiger partial charge is 0.234 e. The number of aromatic nitrogens is 1. The summed E-state index contributed by atoms with van der Waals surface area (Å²) >= 11 is 1.41. The lowest BCUT2D eigenvalue weighted by Gasteiger charge is -2.11. The average molecular weight is 431 g/mol. The molecule has 0 unspecified atom stereocenters. The highest BCUT2D eigenvalue weighted by Gasteiger charge is 2.17. The Kier molecular flexibility index (Phi) is 6.74. The molecule has 0 aliphatic carbocycles. The van der Waals surface area contributed by atoms with Gasteiger partial charge >= 0.3 is 0 Å². The molecule has 4 rings (SSSR count). The van der Waals surface area contributed by atoms with Gasteiger partial charge in [0, 0.05) is 12.6 Å². The van der Waals surface area contributed by atoms with E-state index >= 15 is 0 Å². The predicted octanol–water partition coefficient (Wildman–Crippen LogP) is 5.41. The number of amides is 1. The number of aliphatic imine (C=N–C) groups is 2. The first-order valence-electron chi connectivity index (χ1n) is 10.0. The Morgan fingerprint density at radius 2 is 1.74 bits per heavy atom. The lowest BCUT2D eigenvalue weighted by Crippen LogP contribution is -2.17. The monoisotopic (exact) mass is 430 g/mol. The Hall–Kier alpha value is -3.45. The fraction of sp³-hybridized carbons (Fsp3) is 0.167. The number of ether oxygens (including phenoxy) is 1. The lowest BCUT2D eigenvalue weighted by atomic mass is 10.2. The molecular formula is C24H22N4O2S. The van der Waals surface area contributed by atoms with Gasteiger partial charge in [0.2, 0.25) is 5.91 Å². The Bertz CT molecular complexity index is 1130. The number of anilines is 1. The first-order valence-corrected chi connectivity index (χ1v) is 11.0. The molecule has 1 aliphatic rings. The van der Waals surface area contributed by atoms with Crippen LogP contribution in [0.2, 0.25) is 0 Å². The maximum atomic E-state index is 12.6. The van der Waals surface area contributed by atoms with Gasteiger partial charge in [0.1, 0.15) is 5.75 Å². The minimum absolute atomic E-state index is 0.117. The number of carbonyl (C=O) groups excluding carboxylic acids is 1. The molecular weight excluding hydrogens is 408 g/mol. The van der Waals surface area contributed by atoms with Gasteiger partial charge in [-0.15, -0.1) is 11.8 Å². The zero-order valence-corrected chi connectivity index (χ0v) is 17.9. The summed E-state index contributed by atoms with van der Waals surface area (Å²) in [6, 6.07) is 20.9. The molecule has 0 saturated heterocycles. The van der Waals surface area contributed by atoms with E-state index in [-0.39, 0.29) is 11.7 Å². The van der Waals surface area contributed by atoms with E-state index in [1.165, 1.54) is 11.8 Å². The summed E-state index contributed by atoms with van der Waals surface area (Å²) in [6.45, 7) is 2.45. The Morgan fingerprint density at radius 1 is 1.00 bits per heavy atom. The van der Waals surface area contributed by atoms with Gasteiger partial charge in [0.25, 0.3) is 0 Å². The van der Waals surface area contributed by atoms with Gasteiger partial charge in [-0.1, -0.05) is 30.3 Å². The van der Waals surface area contributed by atoms with Crippen molar-refractivity contribution in [1.82, 2.24) is 4.98 Å². The van der Waals surface area contributed by atoms with E-state index in [0.29, 0.717) is 24.5 Å². The number of hydrogen-bond donors (Lipinski definition) is 1. The molecule has 1 aromatic heterocycles. The van der Waals surface area contributed by atoms with E-state index in [4.69, 9.17) is 14.7 Å². The van der Waals surface area contributed by atoms with E-state index in [0.717, 1.165) is 27.8 Å². The van der Waals surface area contributed by atoms with Crippen LogP contribution in [-0.2, 0) is 4.79 Å². The Morgan fingerprint density at radius 3 is 2.52 bits per heavy atom. The first kappa shape index (κ1) is 20.8. The third-order valence-corrected chi connectivity index (χ3v) is 5.47. The molecule has 156 valence electrons. The molecule has 0 bridgehead atoms. The van der Waals surface area contributed by atoms with Crippen LogP contribution >= 0.6 is 11.8 Å².